The van der Waals surface area contributed by atoms with Crippen LogP contribution in [0.5, 0.6) is 0 Å². The first kappa shape index (κ1) is 10.5. The topological polar surface area (TPSA) is 42.7 Å². The summed E-state index contributed by atoms with van der Waals surface area (Å²) in [5.41, 5.74) is 2.50. The summed E-state index contributed by atoms with van der Waals surface area (Å²) in [6, 6.07) is 4.82. The molecule has 0 saturated heterocycles. The minimum Gasteiger partial charge on any atom is -0.329 e. The summed E-state index contributed by atoms with van der Waals surface area (Å²) in [6.07, 6.45) is 10.1. The molecule has 0 atom stereocenters. The molecule has 1 aliphatic rings. The lowest BCUT2D eigenvalue weighted by Crippen LogP contribution is -2.18. The maximum Gasteiger partial charge on any atom is 0.0951 e. The van der Waals surface area contributed by atoms with Crippen LogP contribution < -0.4 is 5.32 Å². The molecule has 1 saturated carbocycles. The standard InChI is InChI=1S/C13H16N4/c1-2-12(1)16-8-13-7-15-10-17(13)9-11-3-5-14-6-4-11/h3-7,10,12,16H,1-2,8-9H2. The Morgan fingerprint density at radius 3 is 2.82 bits per heavy atom. The lowest BCUT2D eigenvalue weighted by atomic mass is 10.2. The van der Waals surface area contributed by atoms with Gasteiger partial charge in [0.25, 0.3) is 0 Å². The van der Waals surface area contributed by atoms with Crippen molar-refractivity contribution in [3.05, 3.63) is 48.3 Å². The number of hydrogen-bond donors (Lipinski definition) is 1. The molecule has 4 nitrogen and oxygen atoms in total. The van der Waals surface area contributed by atoms with Gasteiger partial charge in [-0.1, -0.05) is 0 Å². The fraction of sp³-hybridized carbons (Fsp3) is 0.385. The number of nitrogens with one attached hydrogen (secondary N) is 1. The lowest BCUT2D eigenvalue weighted by molar-refractivity contribution is 0.634. The molecule has 0 aliphatic heterocycles. The Morgan fingerprint density at radius 2 is 2.06 bits per heavy atom. The Kier molecular flexibility index (Phi) is 2.88. The second-order valence-corrected chi connectivity index (χ2v) is 4.52. The van der Waals surface area contributed by atoms with E-state index in [0.717, 1.165) is 19.1 Å². The van der Waals surface area contributed by atoms with Crippen molar-refractivity contribution >= 4 is 0 Å². The van der Waals surface area contributed by atoms with Gasteiger partial charge < -0.3 is 9.88 Å². The van der Waals surface area contributed by atoms with Gasteiger partial charge in [-0.3, -0.25) is 4.98 Å². The monoisotopic (exact) mass is 228 g/mol. The molecule has 4 heteroatoms. The van der Waals surface area contributed by atoms with E-state index in [1.807, 2.05) is 37.1 Å². The van der Waals surface area contributed by atoms with E-state index in [0.29, 0.717) is 0 Å². The van der Waals surface area contributed by atoms with Gasteiger partial charge in [0.2, 0.25) is 0 Å². The second kappa shape index (κ2) is 4.67. The van der Waals surface area contributed by atoms with Crippen LogP contribution in [0.2, 0.25) is 0 Å². The minimum atomic E-state index is 0.735. The second-order valence-electron chi connectivity index (χ2n) is 4.52. The maximum absolute atomic E-state index is 4.22. The van der Waals surface area contributed by atoms with Crippen LogP contribution in [-0.4, -0.2) is 20.6 Å². The van der Waals surface area contributed by atoms with Crippen molar-refractivity contribution in [1.29, 1.82) is 0 Å². The summed E-state index contributed by atoms with van der Waals surface area (Å²) in [6.45, 7) is 1.78. The van der Waals surface area contributed by atoms with Gasteiger partial charge in [-0.2, -0.15) is 0 Å². The normalized spacial score (nSPS) is 15.1. The average molecular weight is 228 g/mol. The molecule has 1 aliphatic carbocycles. The van der Waals surface area contributed by atoms with Crippen molar-refractivity contribution in [1.82, 2.24) is 19.9 Å². The van der Waals surface area contributed by atoms with E-state index in [1.54, 1.807) is 0 Å². The zero-order valence-corrected chi connectivity index (χ0v) is 9.71. The van der Waals surface area contributed by atoms with Crippen LogP contribution in [0.4, 0.5) is 0 Å². The summed E-state index contributed by atoms with van der Waals surface area (Å²) >= 11 is 0. The van der Waals surface area contributed by atoms with Crippen molar-refractivity contribution in [2.75, 3.05) is 0 Å². The third kappa shape index (κ3) is 2.71. The highest BCUT2D eigenvalue weighted by molar-refractivity contribution is 5.12. The number of rotatable bonds is 5. The average Bonchev–Trinajstić information content (AvgIpc) is 3.09. The molecule has 2 heterocycles. The minimum absolute atomic E-state index is 0.735. The molecule has 1 N–H and O–H groups in total. The number of pyridine rings is 1. The Hall–Kier alpha value is -1.68. The zero-order valence-electron chi connectivity index (χ0n) is 9.71. The molecule has 0 amide bonds. The highest BCUT2D eigenvalue weighted by Gasteiger charge is 2.20. The van der Waals surface area contributed by atoms with Gasteiger partial charge in [0.05, 0.1) is 12.0 Å². The van der Waals surface area contributed by atoms with E-state index in [9.17, 15) is 0 Å². The van der Waals surface area contributed by atoms with Gasteiger partial charge in [0.15, 0.2) is 0 Å². The van der Waals surface area contributed by atoms with Crippen LogP contribution in [-0.2, 0) is 13.1 Å². The number of hydrogen-bond acceptors (Lipinski definition) is 3. The van der Waals surface area contributed by atoms with Crippen molar-refractivity contribution < 1.29 is 0 Å². The highest BCUT2D eigenvalue weighted by Crippen LogP contribution is 2.19. The summed E-state index contributed by atoms with van der Waals surface area (Å²) in [5.74, 6) is 0. The summed E-state index contributed by atoms with van der Waals surface area (Å²) in [4.78, 5) is 8.25. The Morgan fingerprint density at radius 1 is 1.24 bits per heavy atom. The number of aromatic nitrogens is 3. The number of imidazole rings is 1. The van der Waals surface area contributed by atoms with Crippen molar-refractivity contribution in [3.63, 3.8) is 0 Å². The Balaban J connectivity index is 1.67. The van der Waals surface area contributed by atoms with E-state index in [-0.39, 0.29) is 0 Å². The zero-order chi connectivity index (χ0) is 11.5. The highest BCUT2D eigenvalue weighted by atomic mass is 15.1. The van der Waals surface area contributed by atoms with Gasteiger partial charge in [0.1, 0.15) is 0 Å². The largest absolute Gasteiger partial charge is 0.329 e. The van der Waals surface area contributed by atoms with Crippen LogP contribution in [0.1, 0.15) is 24.1 Å². The molecular formula is C13H16N4. The van der Waals surface area contributed by atoms with Crippen LogP contribution >= 0.6 is 0 Å². The first-order valence-corrected chi connectivity index (χ1v) is 6.03. The van der Waals surface area contributed by atoms with E-state index in [2.05, 4.69) is 19.9 Å². The van der Waals surface area contributed by atoms with Crippen molar-refractivity contribution in [3.8, 4) is 0 Å². The molecule has 0 spiro atoms. The molecule has 1 fully saturated rings. The van der Waals surface area contributed by atoms with E-state index in [4.69, 9.17) is 0 Å². The fourth-order valence-electron chi connectivity index (χ4n) is 1.86. The Bertz CT molecular complexity index is 473. The molecule has 2 aromatic heterocycles. The molecular weight excluding hydrogens is 212 g/mol. The van der Waals surface area contributed by atoms with E-state index >= 15 is 0 Å². The van der Waals surface area contributed by atoms with Crippen LogP contribution in [0, 0.1) is 0 Å². The molecule has 2 aromatic rings. The first-order valence-electron chi connectivity index (χ1n) is 6.03. The maximum atomic E-state index is 4.22. The molecule has 17 heavy (non-hydrogen) atoms. The lowest BCUT2D eigenvalue weighted by Gasteiger charge is -2.08. The van der Waals surface area contributed by atoms with Gasteiger partial charge >= 0.3 is 0 Å². The molecule has 0 radical (unpaired) electrons. The van der Waals surface area contributed by atoms with Crippen molar-refractivity contribution in [2.24, 2.45) is 0 Å². The molecule has 0 aromatic carbocycles. The van der Waals surface area contributed by atoms with Gasteiger partial charge in [0, 0.05) is 37.7 Å². The third-order valence-electron chi connectivity index (χ3n) is 3.05. The van der Waals surface area contributed by atoms with Crippen LogP contribution in [0.25, 0.3) is 0 Å². The smallest absolute Gasteiger partial charge is 0.0951 e. The van der Waals surface area contributed by atoms with E-state index in [1.165, 1.54) is 24.1 Å². The van der Waals surface area contributed by atoms with Gasteiger partial charge in [-0.15, -0.1) is 0 Å². The number of nitrogens with zero attached hydrogens (tertiary/aromatic N) is 3. The van der Waals surface area contributed by atoms with E-state index < -0.39 is 0 Å². The molecule has 0 bridgehead atoms. The molecule has 0 unspecified atom stereocenters. The molecule has 88 valence electrons. The van der Waals surface area contributed by atoms with Crippen LogP contribution in [0.15, 0.2) is 37.1 Å². The summed E-state index contributed by atoms with van der Waals surface area (Å²) in [5, 5.41) is 3.51. The fourth-order valence-corrected chi connectivity index (χ4v) is 1.86. The summed E-state index contributed by atoms with van der Waals surface area (Å²) in [7, 11) is 0. The Labute approximate surface area is 101 Å². The predicted octanol–water partition coefficient (Wildman–Crippen LogP) is 1.58. The quantitative estimate of drug-likeness (QED) is 0.845. The first-order chi connectivity index (χ1) is 8.42. The molecule has 3 rings (SSSR count). The summed E-state index contributed by atoms with van der Waals surface area (Å²) < 4.78 is 2.19. The SMILES string of the molecule is c1cc(Cn2cncc2CNC2CC2)ccn1. The van der Waals surface area contributed by atoms with Gasteiger partial charge in [-0.25, -0.2) is 4.98 Å². The third-order valence-corrected chi connectivity index (χ3v) is 3.05. The predicted molar refractivity (Wildman–Crippen MR) is 65.4 cm³/mol. The van der Waals surface area contributed by atoms with Gasteiger partial charge in [-0.05, 0) is 30.5 Å². The van der Waals surface area contributed by atoms with Crippen molar-refractivity contribution in [2.45, 2.75) is 32.0 Å². The van der Waals surface area contributed by atoms with Crippen LogP contribution in [0.3, 0.4) is 0 Å².